The Labute approximate surface area is 124 Å². The molecule has 0 bridgehead atoms. The van der Waals surface area contributed by atoms with Gasteiger partial charge in [0.25, 0.3) is 0 Å². The fourth-order valence-electron chi connectivity index (χ4n) is 1.52. The van der Waals surface area contributed by atoms with E-state index in [0.717, 1.165) is 4.90 Å². The van der Waals surface area contributed by atoms with Gasteiger partial charge in [-0.1, -0.05) is 35.0 Å². The lowest BCUT2D eigenvalue weighted by Crippen LogP contribution is -2.03. The maximum absolute atomic E-state index is 11.3. The van der Waals surface area contributed by atoms with E-state index in [2.05, 4.69) is 4.98 Å². The van der Waals surface area contributed by atoms with Crippen molar-refractivity contribution in [3.05, 3.63) is 51.6 Å². The second-order valence-corrected chi connectivity index (χ2v) is 5.67. The zero-order valence-electron chi connectivity index (χ0n) is 9.85. The molecule has 6 heteroatoms. The zero-order valence-corrected chi connectivity index (χ0v) is 12.2. The number of nitrogens with zero attached hydrogens (tertiary/aromatic N) is 1. The number of carboxylic acid groups (broad SMARTS) is 1. The van der Waals surface area contributed by atoms with E-state index < -0.39 is 5.97 Å². The molecule has 0 atom stereocenters. The Morgan fingerprint density at radius 3 is 2.63 bits per heavy atom. The van der Waals surface area contributed by atoms with Gasteiger partial charge in [0, 0.05) is 11.1 Å². The molecule has 1 heterocycles. The standard InChI is InChI=1S/C13H9Cl2NO2S/c1-7-4-5-16-12(11(7)13(17)18)19-8-2-3-9(14)10(15)6-8/h2-6H,1H3,(H,17,18). The van der Waals surface area contributed by atoms with Crippen LogP contribution in [0.5, 0.6) is 0 Å². The number of aromatic carboxylic acids is 1. The highest BCUT2D eigenvalue weighted by molar-refractivity contribution is 7.99. The molecule has 2 aromatic rings. The summed E-state index contributed by atoms with van der Waals surface area (Å²) in [6, 6.07) is 6.80. The second kappa shape index (κ2) is 5.82. The molecule has 0 radical (unpaired) electrons. The predicted molar refractivity (Wildman–Crippen MR) is 76.5 cm³/mol. The minimum Gasteiger partial charge on any atom is -0.478 e. The Bertz CT molecular complexity index is 647. The summed E-state index contributed by atoms with van der Waals surface area (Å²) in [5.41, 5.74) is 0.878. The summed E-state index contributed by atoms with van der Waals surface area (Å²) in [7, 11) is 0. The van der Waals surface area contributed by atoms with Crippen LogP contribution >= 0.6 is 35.0 Å². The molecule has 0 saturated heterocycles. The van der Waals surface area contributed by atoms with E-state index in [0.29, 0.717) is 20.6 Å². The molecular weight excluding hydrogens is 305 g/mol. The molecule has 0 aliphatic carbocycles. The number of aryl methyl sites for hydroxylation is 1. The Balaban J connectivity index is 2.40. The molecule has 0 amide bonds. The van der Waals surface area contributed by atoms with E-state index in [9.17, 15) is 9.90 Å². The molecular formula is C13H9Cl2NO2S. The first-order valence-corrected chi connectivity index (χ1v) is 6.88. The van der Waals surface area contributed by atoms with Crippen molar-refractivity contribution in [3.8, 4) is 0 Å². The number of pyridine rings is 1. The number of rotatable bonds is 3. The normalized spacial score (nSPS) is 10.5. The molecule has 0 spiro atoms. The van der Waals surface area contributed by atoms with Gasteiger partial charge in [-0.05, 0) is 36.8 Å². The number of halogens is 2. The number of benzene rings is 1. The minimum atomic E-state index is -0.992. The number of carboxylic acids is 1. The summed E-state index contributed by atoms with van der Waals surface area (Å²) >= 11 is 13.0. The van der Waals surface area contributed by atoms with E-state index in [-0.39, 0.29) is 5.56 Å². The Morgan fingerprint density at radius 1 is 1.26 bits per heavy atom. The first-order chi connectivity index (χ1) is 8.99. The molecule has 1 aromatic carbocycles. The van der Waals surface area contributed by atoms with Crippen molar-refractivity contribution in [1.82, 2.24) is 4.98 Å². The van der Waals surface area contributed by atoms with Gasteiger partial charge in [0.1, 0.15) is 5.03 Å². The van der Waals surface area contributed by atoms with Crippen LogP contribution in [0.1, 0.15) is 15.9 Å². The lowest BCUT2D eigenvalue weighted by molar-refractivity contribution is 0.0691. The summed E-state index contributed by atoms with van der Waals surface area (Å²) in [4.78, 5) is 16.2. The van der Waals surface area contributed by atoms with Crippen LogP contribution in [0.3, 0.4) is 0 Å². The SMILES string of the molecule is Cc1ccnc(Sc2ccc(Cl)c(Cl)c2)c1C(=O)O. The number of hydrogen-bond acceptors (Lipinski definition) is 3. The quantitative estimate of drug-likeness (QED) is 0.903. The van der Waals surface area contributed by atoms with Gasteiger partial charge in [-0.3, -0.25) is 0 Å². The summed E-state index contributed by atoms with van der Waals surface area (Å²) < 4.78 is 0. The Morgan fingerprint density at radius 2 is 2.00 bits per heavy atom. The largest absolute Gasteiger partial charge is 0.478 e. The van der Waals surface area contributed by atoms with Gasteiger partial charge in [0.05, 0.1) is 15.6 Å². The van der Waals surface area contributed by atoms with Crippen LogP contribution < -0.4 is 0 Å². The van der Waals surface area contributed by atoms with Crippen molar-refractivity contribution < 1.29 is 9.90 Å². The molecule has 0 unspecified atom stereocenters. The second-order valence-electron chi connectivity index (χ2n) is 3.79. The van der Waals surface area contributed by atoms with Crippen molar-refractivity contribution in [3.63, 3.8) is 0 Å². The first kappa shape index (κ1) is 14.2. The summed E-state index contributed by atoms with van der Waals surface area (Å²) in [6.07, 6.45) is 1.58. The molecule has 1 aromatic heterocycles. The topological polar surface area (TPSA) is 50.2 Å². The molecule has 2 rings (SSSR count). The molecule has 3 nitrogen and oxygen atoms in total. The van der Waals surface area contributed by atoms with Crippen molar-refractivity contribution in [1.29, 1.82) is 0 Å². The third-order valence-electron chi connectivity index (χ3n) is 2.44. The lowest BCUT2D eigenvalue weighted by Gasteiger charge is -2.07. The van der Waals surface area contributed by atoms with Crippen LogP contribution in [0.15, 0.2) is 40.4 Å². The van der Waals surface area contributed by atoms with Crippen LogP contribution in [0.4, 0.5) is 0 Å². The number of carbonyl (C=O) groups is 1. The minimum absolute atomic E-state index is 0.207. The van der Waals surface area contributed by atoms with Gasteiger partial charge >= 0.3 is 5.97 Å². The third-order valence-corrected chi connectivity index (χ3v) is 4.18. The lowest BCUT2D eigenvalue weighted by atomic mass is 10.2. The van der Waals surface area contributed by atoms with Crippen LogP contribution in [0, 0.1) is 6.92 Å². The highest BCUT2D eigenvalue weighted by Crippen LogP contribution is 2.33. The number of hydrogen-bond donors (Lipinski definition) is 1. The van der Waals surface area contributed by atoms with E-state index in [1.807, 2.05) is 0 Å². The average Bonchev–Trinajstić information content (AvgIpc) is 2.33. The van der Waals surface area contributed by atoms with Gasteiger partial charge in [-0.25, -0.2) is 9.78 Å². The summed E-state index contributed by atoms with van der Waals surface area (Å²) in [5, 5.41) is 10.5. The van der Waals surface area contributed by atoms with E-state index in [1.165, 1.54) is 11.8 Å². The summed E-state index contributed by atoms with van der Waals surface area (Å²) in [6.45, 7) is 1.74. The first-order valence-electron chi connectivity index (χ1n) is 5.31. The summed E-state index contributed by atoms with van der Waals surface area (Å²) in [5.74, 6) is -0.992. The van der Waals surface area contributed by atoms with Crippen molar-refractivity contribution >= 4 is 40.9 Å². The van der Waals surface area contributed by atoms with Crippen LogP contribution in [-0.2, 0) is 0 Å². The fraction of sp³-hybridized carbons (Fsp3) is 0.0769. The van der Waals surface area contributed by atoms with E-state index in [1.54, 1.807) is 37.4 Å². The Hall–Kier alpha value is -1.23. The molecule has 0 aliphatic rings. The Kier molecular flexibility index (Phi) is 4.34. The smallest absolute Gasteiger partial charge is 0.338 e. The molecule has 98 valence electrons. The van der Waals surface area contributed by atoms with E-state index in [4.69, 9.17) is 23.2 Å². The molecule has 19 heavy (non-hydrogen) atoms. The average molecular weight is 314 g/mol. The highest BCUT2D eigenvalue weighted by atomic mass is 35.5. The molecule has 1 N–H and O–H groups in total. The van der Waals surface area contributed by atoms with E-state index >= 15 is 0 Å². The molecule has 0 saturated carbocycles. The van der Waals surface area contributed by atoms with Gasteiger partial charge in [-0.15, -0.1) is 0 Å². The number of aromatic nitrogens is 1. The monoisotopic (exact) mass is 313 g/mol. The van der Waals surface area contributed by atoms with Gasteiger partial charge in [-0.2, -0.15) is 0 Å². The maximum Gasteiger partial charge on any atom is 0.338 e. The third kappa shape index (κ3) is 3.21. The maximum atomic E-state index is 11.3. The van der Waals surface area contributed by atoms with Crippen molar-refractivity contribution in [2.45, 2.75) is 16.8 Å². The van der Waals surface area contributed by atoms with Gasteiger partial charge in [0.15, 0.2) is 0 Å². The van der Waals surface area contributed by atoms with Crippen LogP contribution in [0.25, 0.3) is 0 Å². The van der Waals surface area contributed by atoms with Crippen LogP contribution in [-0.4, -0.2) is 16.1 Å². The zero-order chi connectivity index (χ0) is 14.0. The highest BCUT2D eigenvalue weighted by Gasteiger charge is 2.15. The van der Waals surface area contributed by atoms with Crippen molar-refractivity contribution in [2.24, 2.45) is 0 Å². The molecule has 0 aliphatic heterocycles. The molecule has 0 fully saturated rings. The van der Waals surface area contributed by atoms with Gasteiger partial charge in [0.2, 0.25) is 0 Å². The predicted octanol–water partition coefficient (Wildman–Crippen LogP) is 4.55. The van der Waals surface area contributed by atoms with Gasteiger partial charge < -0.3 is 5.11 Å². The van der Waals surface area contributed by atoms with Crippen molar-refractivity contribution in [2.75, 3.05) is 0 Å². The van der Waals surface area contributed by atoms with Crippen LogP contribution in [0.2, 0.25) is 10.0 Å². The fourth-order valence-corrected chi connectivity index (χ4v) is 2.89.